The SMILES string of the molecule is COc1ccc(-c2c3ccccc3c(-c3cnc4ccc5cnccc5c4c3)c3ccccc23)cc1. The Bertz CT molecular complexity index is 1870. The molecule has 0 amide bonds. The van der Waals surface area contributed by atoms with Gasteiger partial charge in [0.1, 0.15) is 5.75 Å². The van der Waals surface area contributed by atoms with Crippen LogP contribution in [0.1, 0.15) is 0 Å². The molecule has 0 atom stereocenters. The molecule has 7 rings (SSSR count). The van der Waals surface area contributed by atoms with E-state index in [2.05, 4.69) is 89.9 Å². The van der Waals surface area contributed by atoms with E-state index in [1.165, 1.54) is 43.6 Å². The van der Waals surface area contributed by atoms with E-state index in [0.29, 0.717) is 0 Å². The van der Waals surface area contributed by atoms with Crippen molar-refractivity contribution in [2.24, 2.45) is 0 Å². The third-order valence-electron chi connectivity index (χ3n) is 7.08. The van der Waals surface area contributed by atoms with Crippen molar-refractivity contribution in [3.63, 3.8) is 0 Å². The van der Waals surface area contributed by atoms with E-state index in [4.69, 9.17) is 9.72 Å². The molecule has 3 nitrogen and oxygen atoms in total. The van der Waals surface area contributed by atoms with Gasteiger partial charge in [0.05, 0.1) is 12.6 Å². The lowest BCUT2D eigenvalue weighted by molar-refractivity contribution is 0.415. The number of nitrogens with zero attached hydrogens (tertiary/aromatic N) is 2. The second kappa shape index (κ2) is 8.17. The second-order valence-electron chi connectivity index (χ2n) is 9.02. The molecular weight excluding hydrogens is 440 g/mol. The monoisotopic (exact) mass is 462 g/mol. The number of rotatable bonds is 3. The van der Waals surface area contributed by atoms with Crippen LogP contribution >= 0.6 is 0 Å². The largest absolute Gasteiger partial charge is 0.497 e. The molecule has 0 aliphatic heterocycles. The van der Waals surface area contributed by atoms with Crippen LogP contribution in [0.5, 0.6) is 5.75 Å². The lowest BCUT2D eigenvalue weighted by Gasteiger charge is -2.18. The number of hydrogen-bond acceptors (Lipinski definition) is 3. The maximum atomic E-state index is 5.41. The van der Waals surface area contributed by atoms with E-state index < -0.39 is 0 Å². The van der Waals surface area contributed by atoms with Crippen molar-refractivity contribution in [2.75, 3.05) is 7.11 Å². The van der Waals surface area contributed by atoms with Gasteiger partial charge in [-0.05, 0) is 74.0 Å². The van der Waals surface area contributed by atoms with Crippen molar-refractivity contribution in [3.05, 3.63) is 116 Å². The summed E-state index contributed by atoms with van der Waals surface area (Å²) in [6.45, 7) is 0. The molecule has 5 aromatic carbocycles. The molecule has 7 aromatic rings. The lowest BCUT2D eigenvalue weighted by Crippen LogP contribution is -1.92. The van der Waals surface area contributed by atoms with Gasteiger partial charge in [0.2, 0.25) is 0 Å². The van der Waals surface area contributed by atoms with Crippen LogP contribution in [0.4, 0.5) is 0 Å². The Balaban J connectivity index is 1.59. The summed E-state index contributed by atoms with van der Waals surface area (Å²) in [6, 6.07) is 34.2. The fourth-order valence-electron chi connectivity index (χ4n) is 5.42. The predicted molar refractivity (Wildman–Crippen MR) is 149 cm³/mol. The van der Waals surface area contributed by atoms with Gasteiger partial charge in [0.15, 0.2) is 0 Å². The molecule has 0 bridgehead atoms. The highest BCUT2D eigenvalue weighted by Crippen LogP contribution is 2.44. The van der Waals surface area contributed by atoms with Gasteiger partial charge in [-0.25, -0.2) is 0 Å². The summed E-state index contributed by atoms with van der Waals surface area (Å²) in [6.07, 6.45) is 5.77. The number of benzene rings is 5. The van der Waals surface area contributed by atoms with Crippen LogP contribution in [0.2, 0.25) is 0 Å². The molecule has 2 aromatic heterocycles. The average molecular weight is 463 g/mol. The Morgan fingerprint density at radius 3 is 1.83 bits per heavy atom. The first-order chi connectivity index (χ1) is 17.8. The summed E-state index contributed by atoms with van der Waals surface area (Å²) in [5.41, 5.74) is 5.71. The predicted octanol–water partition coefficient (Wildman–Crippen LogP) is 8.43. The summed E-state index contributed by atoms with van der Waals surface area (Å²) in [4.78, 5) is 9.19. The maximum absolute atomic E-state index is 5.41. The van der Waals surface area contributed by atoms with Crippen LogP contribution < -0.4 is 4.74 Å². The van der Waals surface area contributed by atoms with E-state index in [9.17, 15) is 0 Å². The van der Waals surface area contributed by atoms with Gasteiger partial charge in [0.25, 0.3) is 0 Å². The molecule has 0 N–H and O–H groups in total. The summed E-state index contributed by atoms with van der Waals surface area (Å²) in [5, 5.41) is 8.29. The van der Waals surface area contributed by atoms with Gasteiger partial charge in [-0.2, -0.15) is 0 Å². The standard InChI is InChI=1S/C33H22N2O/c1-36-24-13-10-21(11-14-24)32-26-6-2-4-8-28(26)33(29-9-5-3-7-27(29)32)23-18-30-25-16-17-34-19-22(25)12-15-31(30)35-20-23/h2-20H,1H3. The first kappa shape index (κ1) is 20.6. The molecule has 0 aliphatic carbocycles. The zero-order valence-corrected chi connectivity index (χ0v) is 19.8. The van der Waals surface area contributed by atoms with E-state index in [1.54, 1.807) is 7.11 Å². The van der Waals surface area contributed by atoms with Gasteiger partial charge >= 0.3 is 0 Å². The molecule has 0 spiro atoms. The van der Waals surface area contributed by atoms with Crippen molar-refractivity contribution < 1.29 is 4.74 Å². The first-order valence-corrected chi connectivity index (χ1v) is 12.0. The maximum Gasteiger partial charge on any atom is 0.118 e. The Hall–Kier alpha value is -4.76. The van der Waals surface area contributed by atoms with Crippen LogP contribution in [0, 0.1) is 0 Å². The molecule has 170 valence electrons. The molecule has 0 fully saturated rings. The third-order valence-corrected chi connectivity index (χ3v) is 7.08. The fraction of sp³-hybridized carbons (Fsp3) is 0.0303. The molecule has 0 saturated carbocycles. The topological polar surface area (TPSA) is 35.0 Å². The van der Waals surface area contributed by atoms with E-state index >= 15 is 0 Å². The lowest BCUT2D eigenvalue weighted by atomic mass is 9.86. The Morgan fingerprint density at radius 2 is 1.19 bits per heavy atom. The van der Waals surface area contributed by atoms with E-state index in [-0.39, 0.29) is 0 Å². The zero-order chi connectivity index (χ0) is 24.1. The summed E-state index contributed by atoms with van der Waals surface area (Å²) < 4.78 is 5.41. The van der Waals surface area contributed by atoms with Crippen LogP contribution in [-0.4, -0.2) is 17.1 Å². The number of pyridine rings is 2. The van der Waals surface area contributed by atoms with Crippen LogP contribution in [-0.2, 0) is 0 Å². The molecular formula is C33H22N2O. The molecule has 0 saturated heterocycles. The highest BCUT2D eigenvalue weighted by Gasteiger charge is 2.17. The highest BCUT2D eigenvalue weighted by molar-refractivity contribution is 6.22. The molecule has 0 unspecified atom stereocenters. The highest BCUT2D eigenvalue weighted by atomic mass is 16.5. The van der Waals surface area contributed by atoms with E-state index in [0.717, 1.165) is 27.6 Å². The van der Waals surface area contributed by atoms with Crippen molar-refractivity contribution >= 4 is 43.2 Å². The van der Waals surface area contributed by atoms with Gasteiger partial charge in [-0.1, -0.05) is 66.7 Å². The first-order valence-electron chi connectivity index (χ1n) is 12.0. The number of fused-ring (bicyclic) bond motifs is 5. The number of aromatic nitrogens is 2. The van der Waals surface area contributed by atoms with Gasteiger partial charge < -0.3 is 4.74 Å². The second-order valence-corrected chi connectivity index (χ2v) is 9.02. The van der Waals surface area contributed by atoms with Crippen molar-refractivity contribution in [3.8, 4) is 28.0 Å². The minimum absolute atomic E-state index is 0.855. The Kier molecular flexibility index (Phi) is 4.68. The van der Waals surface area contributed by atoms with E-state index in [1.807, 2.05) is 30.7 Å². The molecule has 0 aliphatic rings. The third kappa shape index (κ3) is 3.14. The Morgan fingerprint density at radius 1 is 0.556 bits per heavy atom. The van der Waals surface area contributed by atoms with Gasteiger partial charge in [0, 0.05) is 34.9 Å². The minimum Gasteiger partial charge on any atom is -0.497 e. The van der Waals surface area contributed by atoms with Crippen molar-refractivity contribution in [1.82, 2.24) is 9.97 Å². The van der Waals surface area contributed by atoms with Gasteiger partial charge in [-0.3, -0.25) is 9.97 Å². The normalized spacial score (nSPS) is 11.5. The average Bonchev–Trinajstić information content (AvgIpc) is 2.95. The van der Waals surface area contributed by atoms with Gasteiger partial charge in [-0.15, -0.1) is 0 Å². The molecule has 2 heterocycles. The quantitative estimate of drug-likeness (QED) is 0.195. The van der Waals surface area contributed by atoms with Crippen molar-refractivity contribution in [2.45, 2.75) is 0 Å². The van der Waals surface area contributed by atoms with Crippen LogP contribution in [0.25, 0.3) is 65.5 Å². The Labute approximate surface area is 208 Å². The minimum atomic E-state index is 0.855. The molecule has 0 radical (unpaired) electrons. The summed E-state index contributed by atoms with van der Waals surface area (Å²) in [5.74, 6) is 0.855. The smallest absolute Gasteiger partial charge is 0.118 e. The number of ether oxygens (including phenoxy) is 1. The fourth-order valence-corrected chi connectivity index (χ4v) is 5.42. The molecule has 3 heteroatoms. The summed E-state index contributed by atoms with van der Waals surface area (Å²) in [7, 11) is 1.70. The number of methoxy groups -OCH3 is 1. The zero-order valence-electron chi connectivity index (χ0n) is 19.8. The number of hydrogen-bond donors (Lipinski definition) is 0. The van der Waals surface area contributed by atoms with Crippen molar-refractivity contribution in [1.29, 1.82) is 0 Å². The van der Waals surface area contributed by atoms with Crippen LogP contribution in [0.3, 0.4) is 0 Å². The van der Waals surface area contributed by atoms with Crippen LogP contribution in [0.15, 0.2) is 116 Å². The summed E-state index contributed by atoms with van der Waals surface area (Å²) >= 11 is 0. The molecule has 36 heavy (non-hydrogen) atoms.